The molecular formula is C14H20BFO3. The van der Waals surface area contributed by atoms with Gasteiger partial charge in [0.25, 0.3) is 0 Å². The molecule has 3 nitrogen and oxygen atoms in total. The van der Waals surface area contributed by atoms with Gasteiger partial charge in [-0.1, -0.05) is 31.7 Å². The summed E-state index contributed by atoms with van der Waals surface area (Å²) in [6.45, 7) is 0.303. The zero-order valence-corrected chi connectivity index (χ0v) is 11.0. The number of halogens is 1. The maximum Gasteiger partial charge on any atom is 0.488 e. The summed E-state index contributed by atoms with van der Waals surface area (Å²) < 4.78 is 18.9. The van der Waals surface area contributed by atoms with Crippen molar-refractivity contribution in [2.45, 2.75) is 51.2 Å². The van der Waals surface area contributed by atoms with E-state index in [2.05, 4.69) is 0 Å². The lowest BCUT2D eigenvalue weighted by atomic mass is 9.77. The van der Waals surface area contributed by atoms with Gasteiger partial charge in [0.2, 0.25) is 0 Å². The van der Waals surface area contributed by atoms with Crippen molar-refractivity contribution >= 4 is 12.6 Å². The average Bonchev–Trinajstić information content (AvgIpc) is 2.65. The Morgan fingerprint density at radius 3 is 2.47 bits per heavy atom. The summed E-state index contributed by atoms with van der Waals surface area (Å²) in [6.07, 6.45) is 7.23. The van der Waals surface area contributed by atoms with Crippen molar-refractivity contribution in [3.63, 3.8) is 0 Å². The fourth-order valence-electron chi connectivity index (χ4n) is 2.55. The van der Waals surface area contributed by atoms with E-state index in [1.54, 1.807) is 6.07 Å². The second kappa shape index (κ2) is 7.03. The third-order valence-corrected chi connectivity index (χ3v) is 3.66. The molecule has 0 aliphatic heterocycles. The van der Waals surface area contributed by atoms with Gasteiger partial charge in [-0.3, -0.25) is 0 Å². The van der Waals surface area contributed by atoms with Crippen molar-refractivity contribution in [2.24, 2.45) is 0 Å². The molecule has 0 bridgehead atoms. The molecule has 5 heteroatoms. The van der Waals surface area contributed by atoms with E-state index in [0.29, 0.717) is 12.2 Å². The van der Waals surface area contributed by atoms with E-state index < -0.39 is 12.9 Å². The molecular weight excluding hydrogens is 246 g/mol. The highest BCUT2D eigenvalue weighted by Crippen LogP contribution is 2.20. The average molecular weight is 266 g/mol. The maximum atomic E-state index is 13.1. The third-order valence-electron chi connectivity index (χ3n) is 3.66. The molecule has 0 unspecified atom stereocenters. The molecule has 1 fully saturated rings. The molecule has 1 aromatic rings. The van der Waals surface area contributed by atoms with Gasteiger partial charge >= 0.3 is 7.12 Å². The van der Waals surface area contributed by atoms with Crippen LogP contribution in [0.25, 0.3) is 0 Å². The molecule has 2 rings (SSSR count). The van der Waals surface area contributed by atoms with Crippen molar-refractivity contribution < 1.29 is 19.2 Å². The third kappa shape index (κ3) is 4.30. The molecule has 1 saturated carbocycles. The second-order valence-corrected chi connectivity index (χ2v) is 5.14. The molecule has 2 N–H and O–H groups in total. The zero-order chi connectivity index (χ0) is 13.7. The molecule has 1 aliphatic rings. The van der Waals surface area contributed by atoms with Gasteiger partial charge in [0.05, 0.1) is 12.7 Å². The molecule has 0 atom stereocenters. The predicted molar refractivity (Wildman–Crippen MR) is 72.5 cm³/mol. The Balaban J connectivity index is 1.98. The Labute approximate surface area is 113 Å². The van der Waals surface area contributed by atoms with E-state index in [0.717, 1.165) is 18.9 Å². The monoisotopic (exact) mass is 266 g/mol. The zero-order valence-electron chi connectivity index (χ0n) is 11.0. The normalized spacial score (nSPS) is 17.2. The van der Waals surface area contributed by atoms with Crippen LogP contribution in [0.4, 0.5) is 4.39 Å². The van der Waals surface area contributed by atoms with Gasteiger partial charge in [-0.15, -0.1) is 0 Å². The molecule has 1 aliphatic carbocycles. The smallest absolute Gasteiger partial charge is 0.423 e. The molecule has 19 heavy (non-hydrogen) atoms. The summed E-state index contributed by atoms with van der Waals surface area (Å²) in [6, 6.07) is 4.02. The Bertz CT molecular complexity index is 404. The topological polar surface area (TPSA) is 49.7 Å². The standard InChI is InChI=1S/C14H20BFO3/c16-12-8-7-11(14(9-12)15(17)18)10-19-13-5-3-1-2-4-6-13/h7-9,13,17-18H,1-6,10H2. The van der Waals surface area contributed by atoms with Crippen LogP contribution in [0.3, 0.4) is 0 Å². The number of hydrogen-bond donors (Lipinski definition) is 2. The molecule has 0 saturated heterocycles. The van der Waals surface area contributed by atoms with Crippen LogP contribution in [0, 0.1) is 5.82 Å². The first-order valence-corrected chi connectivity index (χ1v) is 6.93. The van der Waals surface area contributed by atoms with E-state index in [-0.39, 0.29) is 11.6 Å². The van der Waals surface area contributed by atoms with Crippen LogP contribution in [-0.4, -0.2) is 23.3 Å². The van der Waals surface area contributed by atoms with E-state index in [9.17, 15) is 14.4 Å². The highest BCUT2D eigenvalue weighted by Gasteiger charge is 2.18. The first-order chi connectivity index (χ1) is 9.16. The minimum atomic E-state index is -1.66. The number of ether oxygens (including phenoxy) is 1. The Morgan fingerprint density at radius 2 is 1.84 bits per heavy atom. The van der Waals surface area contributed by atoms with Crippen LogP contribution < -0.4 is 5.46 Å². The SMILES string of the molecule is OB(O)c1cc(F)ccc1COC1CCCCCC1. The largest absolute Gasteiger partial charge is 0.488 e. The highest BCUT2D eigenvalue weighted by molar-refractivity contribution is 6.59. The van der Waals surface area contributed by atoms with Crippen molar-refractivity contribution in [3.8, 4) is 0 Å². The molecule has 0 heterocycles. The van der Waals surface area contributed by atoms with Crippen molar-refractivity contribution in [1.29, 1.82) is 0 Å². The predicted octanol–water partition coefficient (Wildman–Crippen LogP) is 1.74. The Kier molecular flexibility index (Phi) is 5.37. The van der Waals surface area contributed by atoms with Crippen LogP contribution in [0.5, 0.6) is 0 Å². The van der Waals surface area contributed by atoms with Crippen LogP contribution >= 0.6 is 0 Å². The first kappa shape index (κ1) is 14.5. The lowest BCUT2D eigenvalue weighted by molar-refractivity contribution is 0.0312. The Morgan fingerprint density at radius 1 is 1.16 bits per heavy atom. The van der Waals surface area contributed by atoms with E-state index in [4.69, 9.17) is 4.74 Å². The fourth-order valence-corrected chi connectivity index (χ4v) is 2.55. The minimum absolute atomic E-state index is 0.189. The summed E-state index contributed by atoms with van der Waals surface area (Å²) in [4.78, 5) is 0. The van der Waals surface area contributed by atoms with Crippen LogP contribution in [0.1, 0.15) is 44.1 Å². The van der Waals surface area contributed by atoms with E-state index in [1.165, 1.54) is 31.7 Å². The van der Waals surface area contributed by atoms with Gasteiger partial charge in [-0.25, -0.2) is 4.39 Å². The van der Waals surface area contributed by atoms with E-state index in [1.807, 2.05) is 0 Å². The Hall–Kier alpha value is -0.905. The molecule has 0 amide bonds. The number of benzene rings is 1. The van der Waals surface area contributed by atoms with Gasteiger partial charge in [-0.05, 0) is 36.0 Å². The summed E-state index contributed by atoms with van der Waals surface area (Å²) in [5.74, 6) is -0.471. The van der Waals surface area contributed by atoms with Crippen LogP contribution in [0.2, 0.25) is 0 Å². The minimum Gasteiger partial charge on any atom is -0.423 e. The fraction of sp³-hybridized carbons (Fsp3) is 0.571. The number of hydrogen-bond acceptors (Lipinski definition) is 3. The van der Waals surface area contributed by atoms with Gasteiger partial charge < -0.3 is 14.8 Å². The number of rotatable bonds is 4. The quantitative estimate of drug-likeness (QED) is 0.644. The van der Waals surface area contributed by atoms with Crippen LogP contribution in [-0.2, 0) is 11.3 Å². The lowest BCUT2D eigenvalue weighted by Crippen LogP contribution is -2.34. The summed E-state index contributed by atoms with van der Waals surface area (Å²) in [7, 11) is -1.66. The second-order valence-electron chi connectivity index (χ2n) is 5.14. The highest BCUT2D eigenvalue weighted by atomic mass is 19.1. The summed E-state index contributed by atoms with van der Waals surface area (Å²) in [5.41, 5.74) is 0.828. The molecule has 0 aromatic heterocycles. The van der Waals surface area contributed by atoms with Gasteiger partial charge in [0.15, 0.2) is 0 Å². The first-order valence-electron chi connectivity index (χ1n) is 6.93. The van der Waals surface area contributed by atoms with Crippen LogP contribution in [0.15, 0.2) is 18.2 Å². The van der Waals surface area contributed by atoms with Crippen molar-refractivity contribution in [1.82, 2.24) is 0 Å². The molecule has 0 spiro atoms. The van der Waals surface area contributed by atoms with Crippen molar-refractivity contribution in [3.05, 3.63) is 29.6 Å². The van der Waals surface area contributed by atoms with E-state index >= 15 is 0 Å². The molecule has 104 valence electrons. The summed E-state index contributed by atoms with van der Waals surface area (Å²) >= 11 is 0. The molecule has 0 radical (unpaired) electrons. The summed E-state index contributed by atoms with van der Waals surface area (Å²) in [5, 5.41) is 18.5. The van der Waals surface area contributed by atoms with Gasteiger partial charge in [-0.2, -0.15) is 0 Å². The maximum absolute atomic E-state index is 13.1. The molecule has 1 aromatic carbocycles. The van der Waals surface area contributed by atoms with Crippen molar-refractivity contribution in [2.75, 3.05) is 0 Å². The lowest BCUT2D eigenvalue weighted by Gasteiger charge is -2.17. The van der Waals surface area contributed by atoms with Gasteiger partial charge in [0, 0.05) is 0 Å². The van der Waals surface area contributed by atoms with Gasteiger partial charge in [0.1, 0.15) is 5.82 Å².